The van der Waals surface area contributed by atoms with Gasteiger partial charge in [0, 0.05) is 17.6 Å². The SMILES string of the molecule is CCOc1ccc(Nc2nccc(C(=O)Nc3ccccc3CC)n2)cc1. The number of carbonyl (C=O) groups excluding carboxylic acids is 1. The van der Waals surface area contributed by atoms with E-state index in [2.05, 4.69) is 27.5 Å². The molecule has 3 aromatic rings. The summed E-state index contributed by atoms with van der Waals surface area (Å²) < 4.78 is 5.43. The minimum absolute atomic E-state index is 0.270. The summed E-state index contributed by atoms with van der Waals surface area (Å²) in [6.07, 6.45) is 2.40. The third kappa shape index (κ3) is 4.82. The highest BCUT2D eigenvalue weighted by atomic mass is 16.5. The number of aryl methyl sites for hydroxylation is 1. The Morgan fingerprint density at radius 3 is 2.56 bits per heavy atom. The van der Waals surface area contributed by atoms with Gasteiger partial charge in [-0.05, 0) is 55.3 Å². The van der Waals surface area contributed by atoms with Crippen LogP contribution in [0, 0.1) is 0 Å². The number of amides is 1. The van der Waals surface area contributed by atoms with Gasteiger partial charge in [0.15, 0.2) is 0 Å². The van der Waals surface area contributed by atoms with Crippen LogP contribution in [-0.2, 0) is 6.42 Å². The molecule has 0 unspecified atom stereocenters. The van der Waals surface area contributed by atoms with Crippen LogP contribution in [0.25, 0.3) is 0 Å². The van der Waals surface area contributed by atoms with Gasteiger partial charge >= 0.3 is 0 Å². The second-order valence-electron chi connectivity index (χ2n) is 5.81. The van der Waals surface area contributed by atoms with Gasteiger partial charge in [0.2, 0.25) is 5.95 Å². The van der Waals surface area contributed by atoms with E-state index in [4.69, 9.17) is 4.74 Å². The first kappa shape index (κ1) is 18.4. The second kappa shape index (κ2) is 8.80. The molecule has 0 aliphatic rings. The van der Waals surface area contributed by atoms with Gasteiger partial charge in [0.25, 0.3) is 5.91 Å². The Hall–Kier alpha value is -3.41. The summed E-state index contributed by atoms with van der Waals surface area (Å²) in [6, 6.07) is 16.8. The molecule has 0 bridgehead atoms. The highest BCUT2D eigenvalue weighted by molar-refractivity contribution is 6.03. The fraction of sp³-hybridized carbons (Fsp3) is 0.190. The van der Waals surface area contributed by atoms with Crippen molar-refractivity contribution in [2.45, 2.75) is 20.3 Å². The van der Waals surface area contributed by atoms with E-state index in [1.54, 1.807) is 12.3 Å². The molecule has 0 aliphatic carbocycles. The van der Waals surface area contributed by atoms with Crippen LogP contribution in [0.2, 0.25) is 0 Å². The molecule has 0 aliphatic heterocycles. The van der Waals surface area contributed by atoms with E-state index in [-0.39, 0.29) is 5.91 Å². The number of ether oxygens (including phenoxy) is 1. The molecule has 0 radical (unpaired) electrons. The van der Waals surface area contributed by atoms with E-state index in [9.17, 15) is 4.79 Å². The molecule has 1 heterocycles. The second-order valence-corrected chi connectivity index (χ2v) is 5.81. The van der Waals surface area contributed by atoms with Gasteiger partial charge in [-0.3, -0.25) is 4.79 Å². The summed E-state index contributed by atoms with van der Waals surface area (Å²) in [6.45, 7) is 4.61. The van der Waals surface area contributed by atoms with E-state index >= 15 is 0 Å². The molecular formula is C21H22N4O2. The summed E-state index contributed by atoms with van der Waals surface area (Å²) >= 11 is 0. The van der Waals surface area contributed by atoms with Gasteiger partial charge in [0.05, 0.1) is 6.61 Å². The average molecular weight is 362 g/mol. The molecule has 138 valence electrons. The van der Waals surface area contributed by atoms with Crippen molar-refractivity contribution in [3.05, 3.63) is 72.1 Å². The Balaban J connectivity index is 1.72. The largest absolute Gasteiger partial charge is 0.494 e. The molecular weight excluding hydrogens is 340 g/mol. The van der Waals surface area contributed by atoms with Gasteiger partial charge in [-0.15, -0.1) is 0 Å². The maximum Gasteiger partial charge on any atom is 0.274 e. The number of aromatic nitrogens is 2. The highest BCUT2D eigenvalue weighted by Crippen LogP contribution is 2.19. The van der Waals surface area contributed by atoms with Crippen molar-refractivity contribution < 1.29 is 9.53 Å². The predicted octanol–water partition coefficient (Wildman–Crippen LogP) is 4.43. The number of hydrogen-bond acceptors (Lipinski definition) is 5. The maximum atomic E-state index is 12.6. The number of rotatable bonds is 7. The zero-order chi connectivity index (χ0) is 19.1. The molecule has 3 rings (SSSR count). The van der Waals surface area contributed by atoms with Crippen molar-refractivity contribution in [1.82, 2.24) is 9.97 Å². The van der Waals surface area contributed by atoms with E-state index < -0.39 is 0 Å². The summed E-state index contributed by atoms with van der Waals surface area (Å²) in [4.78, 5) is 21.1. The fourth-order valence-electron chi connectivity index (χ4n) is 2.61. The van der Waals surface area contributed by atoms with Crippen molar-refractivity contribution in [3.8, 4) is 5.75 Å². The molecule has 27 heavy (non-hydrogen) atoms. The molecule has 0 atom stereocenters. The maximum absolute atomic E-state index is 12.6. The van der Waals surface area contributed by atoms with Crippen molar-refractivity contribution >= 4 is 23.2 Å². The number of nitrogens with zero attached hydrogens (tertiary/aromatic N) is 2. The predicted molar refractivity (Wildman–Crippen MR) is 107 cm³/mol. The number of hydrogen-bond donors (Lipinski definition) is 2. The molecule has 0 fully saturated rings. The molecule has 2 N–H and O–H groups in total. The van der Waals surface area contributed by atoms with Crippen LogP contribution in [-0.4, -0.2) is 22.5 Å². The van der Waals surface area contributed by atoms with Crippen molar-refractivity contribution in [3.63, 3.8) is 0 Å². The molecule has 1 amide bonds. The average Bonchev–Trinajstić information content (AvgIpc) is 2.70. The van der Waals surface area contributed by atoms with Gasteiger partial charge in [0.1, 0.15) is 11.4 Å². The van der Waals surface area contributed by atoms with Crippen molar-refractivity contribution in [2.75, 3.05) is 17.2 Å². The molecule has 6 heteroatoms. The molecule has 0 spiro atoms. The summed E-state index contributed by atoms with van der Waals surface area (Å²) in [5.41, 5.74) is 2.98. The zero-order valence-electron chi connectivity index (χ0n) is 15.4. The first-order valence-corrected chi connectivity index (χ1v) is 8.91. The van der Waals surface area contributed by atoms with Crippen LogP contribution >= 0.6 is 0 Å². The molecule has 0 saturated carbocycles. The van der Waals surface area contributed by atoms with Gasteiger partial charge < -0.3 is 15.4 Å². The van der Waals surface area contributed by atoms with Crippen LogP contribution in [0.15, 0.2) is 60.8 Å². The lowest BCUT2D eigenvalue weighted by molar-refractivity contribution is 0.102. The lowest BCUT2D eigenvalue weighted by Crippen LogP contribution is -2.15. The number of nitrogens with one attached hydrogen (secondary N) is 2. The highest BCUT2D eigenvalue weighted by Gasteiger charge is 2.11. The monoisotopic (exact) mass is 362 g/mol. The summed E-state index contributed by atoms with van der Waals surface area (Å²) in [5, 5.41) is 6.01. The van der Waals surface area contributed by atoms with E-state index in [1.807, 2.05) is 55.5 Å². The van der Waals surface area contributed by atoms with Gasteiger partial charge in [-0.2, -0.15) is 0 Å². The Morgan fingerprint density at radius 2 is 1.81 bits per heavy atom. The van der Waals surface area contributed by atoms with Crippen LogP contribution in [0.4, 0.5) is 17.3 Å². The van der Waals surface area contributed by atoms with Crippen LogP contribution in [0.3, 0.4) is 0 Å². The lowest BCUT2D eigenvalue weighted by atomic mass is 10.1. The zero-order valence-corrected chi connectivity index (χ0v) is 15.4. The number of anilines is 3. The Kier molecular flexibility index (Phi) is 5.99. The normalized spacial score (nSPS) is 10.3. The standard InChI is InChI=1S/C21H22N4O2/c1-3-15-7-5-6-8-18(15)24-20(26)19-13-14-22-21(25-19)23-16-9-11-17(12-10-16)27-4-2/h5-14H,3-4H2,1-2H3,(H,24,26)(H,22,23,25). The summed E-state index contributed by atoms with van der Waals surface area (Å²) in [5.74, 6) is 0.885. The Morgan fingerprint density at radius 1 is 1.04 bits per heavy atom. The molecule has 6 nitrogen and oxygen atoms in total. The molecule has 0 saturated heterocycles. The topological polar surface area (TPSA) is 76.1 Å². The number of carbonyl (C=O) groups is 1. The van der Waals surface area contributed by atoms with Crippen LogP contribution < -0.4 is 15.4 Å². The van der Waals surface area contributed by atoms with Gasteiger partial charge in [-0.1, -0.05) is 25.1 Å². The van der Waals surface area contributed by atoms with E-state index in [0.29, 0.717) is 18.2 Å². The van der Waals surface area contributed by atoms with Crippen LogP contribution in [0.1, 0.15) is 29.9 Å². The number of benzene rings is 2. The molecule has 2 aromatic carbocycles. The van der Waals surface area contributed by atoms with Crippen LogP contribution in [0.5, 0.6) is 5.75 Å². The Labute approximate surface area is 158 Å². The number of para-hydroxylation sites is 1. The fourth-order valence-corrected chi connectivity index (χ4v) is 2.61. The van der Waals surface area contributed by atoms with E-state index in [1.165, 1.54) is 0 Å². The van der Waals surface area contributed by atoms with Crippen molar-refractivity contribution in [1.29, 1.82) is 0 Å². The third-order valence-corrected chi connectivity index (χ3v) is 3.96. The summed E-state index contributed by atoms with van der Waals surface area (Å²) in [7, 11) is 0. The minimum atomic E-state index is -0.270. The quantitative estimate of drug-likeness (QED) is 0.650. The smallest absolute Gasteiger partial charge is 0.274 e. The first-order chi connectivity index (χ1) is 13.2. The third-order valence-electron chi connectivity index (χ3n) is 3.96. The van der Waals surface area contributed by atoms with Gasteiger partial charge in [-0.25, -0.2) is 9.97 Å². The minimum Gasteiger partial charge on any atom is -0.494 e. The lowest BCUT2D eigenvalue weighted by Gasteiger charge is -2.10. The first-order valence-electron chi connectivity index (χ1n) is 8.91. The van der Waals surface area contributed by atoms with Crippen molar-refractivity contribution in [2.24, 2.45) is 0 Å². The van der Waals surface area contributed by atoms with E-state index in [0.717, 1.165) is 29.1 Å². The Bertz CT molecular complexity index is 910. The molecule has 1 aromatic heterocycles.